The first-order chi connectivity index (χ1) is 9.51. The summed E-state index contributed by atoms with van der Waals surface area (Å²) in [5, 5.41) is 20.9. The third-order valence-electron chi connectivity index (χ3n) is 2.69. The standard InChI is InChI=1S/C14H17NO5/c1-14(20-18,11-12-7-4-3-5-8-12)15(17)10-6-9-13(16)19-2/h3-10,18H,11H2,1-2H3/b9-6-,15-10-. The zero-order chi connectivity index (χ0) is 15.0. The highest BCUT2D eigenvalue weighted by molar-refractivity contribution is 5.86. The van der Waals surface area contributed by atoms with Crippen molar-refractivity contribution in [1.29, 1.82) is 0 Å². The van der Waals surface area contributed by atoms with E-state index in [4.69, 9.17) is 5.26 Å². The Hall–Kier alpha value is -2.18. The van der Waals surface area contributed by atoms with Crippen molar-refractivity contribution in [1.82, 2.24) is 0 Å². The third-order valence-corrected chi connectivity index (χ3v) is 2.69. The molecule has 0 aliphatic rings. The number of nitrogens with zero attached hydrogens (tertiary/aromatic N) is 1. The molecule has 6 nitrogen and oxygen atoms in total. The van der Waals surface area contributed by atoms with Crippen molar-refractivity contribution >= 4 is 12.2 Å². The van der Waals surface area contributed by atoms with Crippen molar-refractivity contribution in [3.05, 3.63) is 53.3 Å². The second kappa shape index (κ2) is 7.42. The zero-order valence-electron chi connectivity index (χ0n) is 11.4. The molecule has 0 saturated carbocycles. The Bertz CT molecular complexity index is 498. The van der Waals surface area contributed by atoms with Crippen LogP contribution in [-0.2, 0) is 20.8 Å². The van der Waals surface area contributed by atoms with E-state index in [1.807, 2.05) is 30.3 Å². The molecule has 1 unspecified atom stereocenters. The van der Waals surface area contributed by atoms with Gasteiger partial charge in [-0.2, -0.15) is 9.63 Å². The van der Waals surface area contributed by atoms with Gasteiger partial charge in [0, 0.05) is 19.1 Å². The highest BCUT2D eigenvalue weighted by Gasteiger charge is 2.34. The number of esters is 1. The van der Waals surface area contributed by atoms with E-state index in [1.54, 1.807) is 0 Å². The maximum absolute atomic E-state index is 11.9. The molecule has 1 rings (SSSR count). The average Bonchev–Trinajstić information content (AvgIpc) is 2.47. The Morgan fingerprint density at radius 3 is 2.65 bits per heavy atom. The van der Waals surface area contributed by atoms with Crippen molar-refractivity contribution in [3.8, 4) is 0 Å². The largest absolute Gasteiger partial charge is 0.622 e. The van der Waals surface area contributed by atoms with E-state index in [2.05, 4.69) is 9.62 Å². The molecule has 6 heteroatoms. The van der Waals surface area contributed by atoms with Gasteiger partial charge < -0.3 is 9.94 Å². The van der Waals surface area contributed by atoms with Gasteiger partial charge >= 0.3 is 11.7 Å². The van der Waals surface area contributed by atoms with Gasteiger partial charge in [0.25, 0.3) is 0 Å². The maximum Gasteiger partial charge on any atom is 0.330 e. The summed E-state index contributed by atoms with van der Waals surface area (Å²) in [6.07, 6.45) is 3.57. The highest BCUT2D eigenvalue weighted by Crippen LogP contribution is 2.17. The molecule has 0 amide bonds. The first-order valence-corrected chi connectivity index (χ1v) is 5.94. The van der Waals surface area contributed by atoms with Crippen LogP contribution in [0.3, 0.4) is 0 Å². The number of benzene rings is 1. The topological polar surface area (TPSA) is 81.8 Å². The number of carbonyl (C=O) groups excluding carboxylic acids is 1. The fourth-order valence-electron chi connectivity index (χ4n) is 1.55. The SMILES string of the molecule is COC(=O)/C=C\C=[N+](/[O-])C(C)(Cc1ccccc1)OO. The van der Waals surface area contributed by atoms with E-state index in [1.165, 1.54) is 20.1 Å². The average molecular weight is 279 g/mol. The summed E-state index contributed by atoms with van der Waals surface area (Å²) >= 11 is 0. The van der Waals surface area contributed by atoms with Gasteiger partial charge in [0.1, 0.15) is 0 Å². The van der Waals surface area contributed by atoms with Crippen LogP contribution in [0.25, 0.3) is 0 Å². The number of carbonyl (C=O) groups is 1. The Balaban J connectivity index is 2.84. The number of methoxy groups -OCH3 is 1. The summed E-state index contributed by atoms with van der Waals surface area (Å²) in [7, 11) is 1.23. The lowest BCUT2D eigenvalue weighted by Gasteiger charge is -2.24. The molecule has 1 atom stereocenters. The zero-order valence-corrected chi connectivity index (χ0v) is 11.4. The second-order valence-electron chi connectivity index (χ2n) is 4.29. The first-order valence-electron chi connectivity index (χ1n) is 5.94. The van der Waals surface area contributed by atoms with Crippen molar-refractivity contribution < 1.29 is 24.4 Å². The fraction of sp³-hybridized carbons (Fsp3) is 0.286. The van der Waals surface area contributed by atoms with Crippen LogP contribution in [0, 0.1) is 5.21 Å². The Morgan fingerprint density at radius 1 is 1.45 bits per heavy atom. The van der Waals surface area contributed by atoms with Crippen molar-refractivity contribution in [2.24, 2.45) is 0 Å². The van der Waals surface area contributed by atoms with Crippen molar-refractivity contribution in [3.63, 3.8) is 0 Å². The van der Waals surface area contributed by atoms with Gasteiger partial charge in [0.15, 0.2) is 6.21 Å². The van der Waals surface area contributed by atoms with Crippen LogP contribution in [-0.4, -0.2) is 35.0 Å². The number of allylic oxidation sites excluding steroid dienone is 1. The van der Waals surface area contributed by atoms with E-state index in [-0.39, 0.29) is 6.42 Å². The van der Waals surface area contributed by atoms with Crippen LogP contribution in [0.15, 0.2) is 42.5 Å². The normalized spacial score (nSPS) is 15.1. The lowest BCUT2D eigenvalue weighted by Crippen LogP contribution is -2.41. The smallest absolute Gasteiger partial charge is 0.330 e. The van der Waals surface area contributed by atoms with Gasteiger partial charge in [0.2, 0.25) is 0 Å². The lowest BCUT2D eigenvalue weighted by molar-refractivity contribution is -0.647. The van der Waals surface area contributed by atoms with Gasteiger partial charge in [-0.1, -0.05) is 30.3 Å². The van der Waals surface area contributed by atoms with Crippen LogP contribution in [0.5, 0.6) is 0 Å². The molecule has 0 heterocycles. The Labute approximate surface area is 117 Å². The van der Waals surface area contributed by atoms with Crippen molar-refractivity contribution in [2.75, 3.05) is 7.11 Å². The number of hydrogen-bond donors (Lipinski definition) is 1. The van der Waals surface area contributed by atoms with Crippen molar-refractivity contribution in [2.45, 2.75) is 19.1 Å². The van der Waals surface area contributed by atoms with E-state index >= 15 is 0 Å². The van der Waals surface area contributed by atoms with E-state index in [0.29, 0.717) is 4.74 Å². The Kier molecular flexibility index (Phi) is 5.89. The quantitative estimate of drug-likeness (QED) is 0.125. The molecule has 0 fully saturated rings. The minimum absolute atomic E-state index is 0.177. The molecule has 20 heavy (non-hydrogen) atoms. The summed E-state index contributed by atoms with van der Waals surface area (Å²) in [4.78, 5) is 15.2. The molecule has 0 aliphatic heterocycles. The van der Waals surface area contributed by atoms with Crippen LogP contribution in [0.2, 0.25) is 0 Å². The van der Waals surface area contributed by atoms with Gasteiger partial charge in [-0.25, -0.2) is 10.1 Å². The minimum atomic E-state index is -1.48. The molecule has 0 aromatic heterocycles. The summed E-state index contributed by atoms with van der Waals surface area (Å²) in [5.41, 5.74) is -0.655. The van der Waals surface area contributed by atoms with Crippen LogP contribution in [0.4, 0.5) is 0 Å². The number of hydroxylamine groups is 1. The highest BCUT2D eigenvalue weighted by atomic mass is 17.1. The molecular formula is C14H17NO5. The molecule has 0 radical (unpaired) electrons. The van der Waals surface area contributed by atoms with E-state index < -0.39 is 11.7 Å². The molecular weight excluding hydrogens is 262 g/mol. The van der Waals surface area contributed by atoms with E-state index in [0.717, 1.165) is 17.9 Å². The summed E-state index contributed by atoms with van der Waals surface area (Å²) < 4.78 is 4.82. The van der Waals surface area contributed by atoms with Gasteiger partial charge in [0.05, 0.1) is 13.5 Å². The molecule has 0 bridgehead atoms. The van der Waals surface area contributed by atoms with Gasteiger partial charge in [-0.3, -0.25) is 0 Å². The summed E-state index contributed by atoms with van der Waals surface area (Å²) in [6.45, 7) is 1.44. The molecule has 1 aromatic carbocycles. The molecule has 0 aliphatic carbocycles. The molecule has 1 aromatic rings. The van der Waals surface area contributed by atoms with E-state index in [9.17, 15) is 10.0 Å². The summed E-state index contributed by atoms with van der Waals surface area (Å²) in [5.74, 6) is -0.579. The third kappa shape index (κ3) is 4.49. The summed E-state index contributed by atoms with van der Waals surface area (Å²) in [6, 6.07) is 9.12. The number of ether oxygens (including phenoxy) is 1. The van der Waals surface area contributed by atoms with Gasteiger partial charge in [-0.05, 0) is 5.56 Å². The molecule has 1 N–H and O–H groups in total. The fourth-order valence-corrected chi connectivity index (χ4v) is 1.55. The number of rotatable bonds is 6. The molecule has 0 saturated heterocycles. The Morgan fingerprint density at radius 2 is 2.10 bits per heavy atom. The molecule has 0 spiro atoms. The predicted octanol–water partition coefficient (Wildman–Crippen LogP) is 1.75. The second-order valence-corrected chi connectivity index (χ2v) is 4.29. The number of hydrogen-bond acceptors (Lipinski definition) is 5. The van der Waals surface area contributed by atoms with Crippen LogP contribution >= 0.6 is 0 Å². The lowest BCUT2D eigenvalue weighted by atomic mass is 10.0. The molecule has 108 valence electrons. The van der Waals surface area contributed by atoms with Crippen LogP contribution < -0.4 is 0 Å². The maximum atomic E-state index is 11.9. The van der Waals surface area contributed by atoms with Gasteiger partial charge in [-0.15, -0.1) is 0 Å². The van der Waals surface area contributed by atoms with Crippen LogP contribution in [0.1, 0.15) is 12.5 Å². The monoisotopic (exact) mass is 279 g/mol. The first kappa shape index (κ1) is 15.9. The minimum Gasteiger partial charge on any atom is -0.622 e. The predicted molar refractivity (Wildman–Crippen MR) is 73.1 cm³/mol.